The van der Waals surface area contributed by atoms with Crippen molar-refractivity contribution in [3.05, 3.63) is 70.8 Å². The molecule has 0 bridgehead atoms. The molecule has 1 saturated carbocycles. The molecule has 3 atom stereocenters. The summed E-state index contributed by atoms with van der Waals surface area (Å²) in [5.74, 6) is -2.36. The highest BCUT2D eigenvalue weighted by molar-refractivity contribution is 5.83. The number of hydrogen-bond acceptors (Lipinski definition) is 6. The van der Waals surface area contributed by atoms with E-state index >= 15 is 0 Å². The van der Waals surface area contributed by atoms with Gasteiger partial charge in [-0.1, -0.05) is 77.6 Å². The van der Waals surface area contributed by atoms with Gasteiger partial charge in [-0.3, -0.25) is 14.9 Å². The van der Waals surface area contributed by atoms with Gasteiger partial charge in [0.25, 0.3) is 0 Å². The van der Waals surface area contributed by atoms with Gasteiger partial charge in [0.15, 0.2) is 0 Å². The molecule has 2 aromatic carbocycles. The highest BCUT2D eigenvalue weighted by Gasteiger charge is 2.36. The number of ether oxygens (including phenoxy) is 1. The first-order valence-corrected chi connectivity index (χ1v) is 15.5. The third-order valence-corrected chi connectivity index (χ3v) is 8.42. The van der Waals surface area contributed by atoms with Crippen LogP contribution in [0.15, 0.2) is 42.5 Å². The van der Waals surface area contributed by atoms with E-state index < -0.39 is 41.7 Å². The fourth-order valence-electron chi connectivity index (χ4n) is 5.89. The van der Waals surface area contributed by atoms with Gasteiger partial charge in [0.2, 0.25) is 5.91 Å². The number of benzene rings is 2. The first kappa shape index (κ1) is 34.6. The van der Waals surface area contributed by atoms with Crippen LogP contribution < -0.4 is 16.0 Å². The number of carbonyl (C=O) groups excluding carboxylic acids is 2. The normalized spacial score (nSPS) is 17.1. The van der Waals surface area contributed by atoms with E-state index in [1.807, 2.05) is 6.92 Å². The molecule has 0 aromatic heterocycles. The molecule has 9 heteroatoms. The molecule has 0 saturated heterocycles. The fourth-order valence-corrected chi connectivity index (χ4v) is 5.89. The minimum Gasteiger partial charge on any atom is -0.468 e. The number of hydrogen-bond donors (Lipinski definition) is 4. The molecule has 1 aliphatic carbocycles. The summed E-state index contributed by atoms with van der Waals surface area (Å²) in [5, 5.41) is 21.0. The minimum atomic E-state index is -1.07. The van der Waals surface area contributed by atoms with Gasteiger partial charge in [0, 0.05) is 18.2 Å². The predicted molar refractivity (Wildman–Crippen MR) is 165 cm³/mol. The Labute approximate surface area is 255 Å². The van der Waals surface area contributed by atoms with E-state index in [0.29, 0.717) is 18.4 Å². The molecule has 0 heterocycles. The molecular weight excluding hydrogens is 552 g/mol. The molecule has 43 heavy (non-hydrogen) atoms. The van der Waals surface area contributed by atoms with Crippen LogP contribution in [0.1, 0.15) is 89.3 Å². The van der Waals surface area contributed by atoms with Crippen molar-refractivity contribution in [1.82, 2.24) is 16.0 Å². The third-order valence-electron chi connectivity index (χ3n) is 8.42. The van der Waals surface area contributed by atoms with Gasteiger partial charge in [0.1, 0.15) is 11.6 Å². The molecule has 3 rings (SSSR count). The lowest BCUT2D eigenvalue weighted by atomic mass is 9.74. The second kappa shape index (κ2) is 15.7. The molecule has 3 unspecified atom stereocenters. The van der Waals surface area contributed by atoms with Crippen molar-refractivity contribution in [2.45, 2.75) is 108 Å². The van der Waals surface area contributed by atoms with Gasteiger partial charge in [-0.05, 0) is 59.9 Å². The second-order valence-corrected chi connectivity index (χ2v) is 12.8. The molecule has 2 aromatic rings. The van der Waals surface area contributed by atoms with Gasteiger partial charge in [-0.25, -0.2) is 8.78 Å². The Bertz CT molecular complexity index is 1190. The molecular formula is C34H49F2N3O4. The van der Waals surface area contributed by atoms with Crippen LogP contribution in [0.5, 0.6) is 0 Å². The fraction of sp³-hybridized carbons (Fsp3) is 0.588. The van der Waals surface area contributed by atoms with Crippen molar-refractivity contribution >= 4 is 11.9 Å². The molecule has 1 aliphatic rings. The van der Waals surface area contributed by atoms with Crippen molar-refractivity contribution in [3.63, 3.8) is 0 Å². The van der Waals surface area contributed by atoms with E-state index in [1.54, 1.807) is 0 Å². The minimum absolute atomic E-state index is 0.0160. The van der Waals surface area contributed by atoms with Gasteiger partial charge in [-0.15, -0.1) is 0 Å². The molecule has 1 fully saturated rings. The first-order chi connectivity index (χ1) is 20.4. The maximum Gasteiger partial charge on any atom is 0.319 e. The van der Waals surface area contributed by atoms with Crippen molar-refractivity contribution in [3.8, 4) is 0 Å². The van der Waals surface area contributed by atoms with Crippen LogP contribution in [-0.4, -0.2) is 55.4 Å². The summed E-state index contributed by atoms with van der Waals surface area (Å²) in [6.45, 7) is 8.50. The number of methoxy groups -OCH3 is 1. The van der Waals surface area contributed by atoms with Crippen LogP contribution in [0.25, 0.3) is 0 Å². The quantitative estimate of drug-likeness (QED) is 0.227. The monoisotopic (exact) mass is 601 g/mol. The lowest BCUT2D eigenvalue weighted by Crippen LogP contribution is -2.56. The molecule has 0 aliphatic heterocycles. The average Bonchev–Trinajstić information content (AvgIpc) is 2.97. The lowest BCUT2D eigenvalue weighted by Gasteiger charge is -2.41. The number of esters is 1. The Balaban J connectivity index is 1.85. The first-order valence-electron chi connectivity index (χ1n) is 15.5. The number of amides is 1. The molecule has 7 nitrogen and oxygen atoms in total. The largest absolute Gasteiger partial charge is 0.468 e. The Hall–Kier alpha value is -2.88. The summed E-state index contributed by atoms with van der Waals surface area (Å²) >= 11 is 0. The number of rotatable bonds is 14. The van der Waals surface area contributed by atoms with E-state index in [2.05, 4.69) is 65.7 Å². The van der Waals surface area contributed by atoms with Crippen LogP contribution in [0.3, 0.4) is 0 Å². The Morgan fingerprint density at radius 3 is 2.33 bits per heavy atom. The summed E-state index contributed by atoms with van der Waals surface area (Å²) in [6, 6.07) is 10.3. The van der Waals surface area contributed by atoms with Gasteiger partial charge < -0.3 is 20.5 Å². The summed E-state index contributed by atoms with van der Waals surface area (Å²) < 4.78 is 32.8. The maximum atomic E-state index is 14.1. The molecule has 0 spiro atoms. The number of carbonyl (C=O) groups is 2. The van der Waals surface area contributed by atoms with Crippen LogP contribution in [0.2, 0.25) is 0 Å². The zero-order chi connectivity index (χ0) is 31.6. The Morgan fingerprint density at radius 1 is 1.05 bits per heavy atom. The molecule has 1 amide bonds. The maximum absolute atomic E-state index is 14.1. The standard InChI is InChI=1S/C34H49F2N3O4/c1-6-11-28(37-22-31(41)43-5)32(42)39-29(18-23-16-26(35)20-27(36)17-23)30(40)21-38-34(14-8-7-9-15-34)25-13-10-12-24(19-25)33(2,3)4/h10,12-13,16-17,19-20,28-30,37-38,40H,6-9,11,14-15,18,21-22H2,1-5H3,(H,39,42). The number of nitrogens with one attached hydrogen (secondary N) is 3. The number of halogens is 2. The van der Waals surface area contributed by atoms with Crippen molar-refractivity contribution in [1.29, 1.82) is 0 Å². The third kappa shape index (κ3) is 10.1. The average molecular weight is 602 g/mol. The topological polar surface area (TPSA) is 99.7 Å². The van der Waals surface area contributed by atoms with Crippen molar-refractivity contribution < 1.29 is 28.2 Å². The number of aliphatic hydroxyl groups excluding tert-OH is 1. The van der Waals surface area contributed by atoms with E-state index in [0.717, 1.165) is 38.2 Å². The van der Waals surface area contributed by atoms with E-state index in [1.165, 1.54) is 30.4 Å². The Kier molecular flexibility index (Phi) is 12.7. The van der Waals surface area contributed by atoms with Gasteiger partial charge in [-0.2, -0.15) is 0 Å². The Morgan fingerprint density at radius 2 is 1.72 bits per heavy atom. The van der Waals surface area contributed by atoms with Gasteiger partial charge >= 0.3 is 5.97 Å². The van der Waals surface area contributed by atoms with Crippen LogP contribution >= 0.6 is 0 Å². The molecule has 238 valence electrons. The SMILES string of the molecule is CCCC(NCC(=O)OC)C(=O)NC(Cc1cc(F)cc(F)c1)C(O)CNC1(c2cccc(C(C)(C)C)c2)CCCCC1. The predicted octanol–water partition coefficient (Wildman–Crippen LogP) is 5.03. The lowest BCUT2D eigenvalue weighted by molar-refractivity contribution is -0.139. The second-order valence-electron chi connectivity index (χ2n) is 12.8. The van der Waals surface area contributed by atoms with Crippen molar-refractivity contribution in [2.75, 3.05) is 20.2 Å². The smallest absolute Gasteiger partial charge is 0.319 e. The zero-order valence-corrected chi connectivity index (χ0v) is 26.3. The van der Waals surface area contributed by atoms with E-state index in [4.69, 9.17) is 0 Å². The highest BCUT2D eigenvalue weighted by Crippen LogP contribution is 2.38. The summed E-state index contributed by atoms with van der Waals surface area (Å²) in [7, 11) is 1.27. The van der Waals surface area contributed by atoms with Crippen molar-refractivity contribution in [2.24, 2.45) is 0 Å². The number of aliphatic hydroxyl groups is 1. The summed E-state index contributed by atoms with van der Waals surface area (Å²) in [5.41, 5.74) is 2.37. The molecule has 0 radical (unpaired) electrons. The summed E-state index contributed by atoms with van der Waals surface area (Å²) in [4.78, 5) is 25.1. The van der Waals surface area contributed by atoms with Crippen LogP contribution in [0, 0.1) is 11.6 Å². The van der Waals surface area contributed by atoms with Crippen LogP contribution in [-0.2, 0) is 31.7 Å². The van der Waals surface area contributed by atoms with E-state index in [9.17, 15) is 23.5 Å². The molecule has 4 N–H and O–H groups in total. The van der Waals surface area contributed by atoms with Gasteiger partial charge in [0.05, 0.1) is 31.8 Å². The van der Waals surface area contributed by atoms with E-state index in [-0.39, 0.29) is 30.5 Å². The van der Waals surface area contributed by atoms with Crippen LogP contribution in [0.4, 0.5) is 8.78 Å². The summed E-state index contributed by atoms with van der Waals surface area (Å²) in [6.07, 6.45) is 5.15. The zero-order valence-electron chi connectivity index (χ0n) is 26.3. The highest BCUT2D eigenvalue weighted by atomic mass is 19.1.